The molecule has 2 N–H and O–H groups in total. The molecule has 0 aromatic carbocycles. The van der Waals surface area contributed by atoms with Gasteiger partial charge in [-0.15, -0.1) is 0 Å². The second-order valence-corrected chi connectivity index (χ2v) is 7.68. The maximum absolute atomic E-state index is 12.0. The zero-order valence-corrected chi connectivity index (χ0v) is 12.5. The lowest BCUT2D eigenvalue weighted by Gasteiger charge is -2.10. The molecule has 1 saturated heterocycles. The lowest BCUT2D eigenvalue weighted by Crippen LogP contribution is -2.36. The minimum atomic E-state index is -3.05. The maximum atomic E-state index is 12.0. The summed E-state index contributed by atoms with van der Waals surface area (Å²) in [7, 11) is -3.05. The Morgan fingerprint density at radius 3 is 2.95 bits per heavy atom. The van der Waals surface area contributed by atoms with Gasteiger partial charge in [0.15, 0.2) is 9.84 Å². The highest BCUT2D eigenvalue weighted by atomic mass is 32.2. The monoisotopic (exact) mass is 317 g/mol. The Morgan fingerprint density at radius 1 is 1.60 bits per heavy atom. The molecule has 1 aliphatic heterocycles. The summed E-state index contributed by atoms with van der Waals surface area (Å²) in [6.07, 6.45) is 2.26. The van der Waals surface area contributed by atoms with E-state index in [9.17, 15) is 18.0 Å². The van der Waals surface area contributed by atoms with Crippen LogP contribution in [0.3, 0.4) is 0 Å². The fraction of sp³-hybridized carbons (Fsp3) is 0.545. The van der Waals surface area contributed by atoms with Crippen molar-refractivity contribution in [1.29, 1.82) is 0 Å². The predicted octanol–water partition coefficient (Wildman–Crippen LogP) is -0.450. The van der Waals surface area contributed by atoms with Crippen LogP contribution in [0.5, 0.6) is 0 Å². The van der Waals surface area contributed by atoms with E-state index >= 15 is 0 Å². The Balaban J connectivity index is 2.11. The number of thioether (sulfide) groups is 1. The Morgan fingerprint density at radius 2 is 2.35 bits per heavy atom. The molecule has 1 aromatic heterocycles. The zero-order chi connectivity index (χ0) is 14.8. The highest BCUT2D eigenvalue weighted by molar-refractivity contribution is 7.97. The Bertz CT molecular complexity index is 668. The van der Waals surface area contributed by atoms with Crippen molar-refractivity contribution in [3.63, 3.8) is 0 Å². The van der Waals surface area contributed by atoms with Crippen LogP contribution in [0.2, 0.25) is 0 Å². The molecule has 110 valence electrons. The maximum Gasteiger partial charge on any atom is 0.270 e. The number of sulfone groups is 1. The van der Waals surface area contributed by atoms with Gasteiger partial charge in [-0.25, -0.2) is 13.4 Å². The Hall–Kier alpha value is -1.35. The summed E-state index contributed by atoms with van der Waals surface area (Å²) in [4.78, 5) is 30.1. The van der Waals surface area contributed by atoms with Gasteiger partial charge >= 0.3 is 0 Å². The van der Waals surface area contributed by atoms with Gasteiger partial charge in [-0.05, 0) is 12.7 Å². The second kappa shape index (κ2) is 5.96. The minimum absolute atomic E-state index is 0.0158. The molecule has 0 saturated carbocycles. The highest BCUT2D eigenvalue weighted by Crippen LogP contribution is 2.11. The van der Waals surface area contributed by atoms with Crippen LogP contribution in [-0.2, 0) is 15.6 Å². The number of aromatic nitrogens is 2. The number of amides is 1. The lowest BCUT2D eigenvalue weighted by atomic mass is 10.2. The van der Waals surface area contributed by atoms with Gasteiger partial charge in [-0.3, -0.25) is 9.59 Å². The first-order valence-corrected chi connectivity index (χ1v) is 9.21. The molecule has 1 aliphatic rings. The number of H-pyrrole nitrogens is 1. The number of hydrogen-bond acceptors (Lipinski definition) is 6. The molecule has 0 radical (unpaired) electrons. The first-order chi connectivity index (χ1) is 9.39. The van der Waals surface area contributed by atoms with Crippen molar-refractivity contribution < 1.29 is 13.2 Å². The van der Waals surface area contributed by atoms with Crippen molar-refractivity contribution >= 4 is 27.5 Å². The van der Waals surface area contributed by atoms with E-state index in [1.54, 1.807) is 0 Å². The number of rotatable bonds is 4. The van der Waals surface area contributed by atoms with Crippen LogP contribution in [0.25, 0.3) is 0 Å². The molecule has 0 aliphatic carbocycles. The fourth-order valence-electron chi connectivity index (χ4n) is 2.00. The topological polar surface area (TPSA) is 109 Å². The molecule has 7 nitrogen and oxygen atoms in total. The lowest BCUT2D eigenvalue weighted by molar-refractivity contribution is 0.0935. The van der Waals surface area contributed by atoms with Crippen LogP contribution in [0, 0.1) is 0 Å². The summed E-state index contributed by atoms with van der Waals surface area (Å²) in [6.45, 7) is 0. The number of hydrogen-bond donors (Lipinski definition) is 2. The molecule has 1 aromatic rings. The summed E-state index contributed by atoms with van der Waals surface area (Å²) < 4.78 is 22.7. The van der Waals surface area contributed by atoms with Gasteiger partial charge in [0.25, 0.3) is 11.5 Å². The first kappa shape index (κ1) is 15.0. The van der Waals surface area contributed by atoms with Crippen LogP contribution in [0.4, 0.5) is 0 Å². The molecule has 20 heavy (non-hydrogen) atoms. The molecular formula is C11H15N3O4S2. The van der Waals surface area contributed by atoms with Crippen molar-refractivity contribution in [3.05, 3.63) is 27.9 Å². The second-order valence-electron chi connectivity index (χ2n) is 4.58. The normalized spacial score (nSPS) is 20.8. The quantitative estimate of drug-likeness (QED) is 0.778. The third-order valence-electron chi connectivity index (χ3n) is 2.87. The van der Waals surface area contributed by atoms with E-state index in [2.05, 4.69) is 15.3 Å². The molecule has 2 heterocycles. The number of aromatic amines is 1. The highest BCUT2D eigenvalue weighted by Gasteiger charge is 2.29. The van der Waals surface area contributed by atoms with Gasteiger partial charge in [0.2, 0.25) is 0 Å². The van der Waals surface area contributed by atoms with Crippen LogP contribution < -0.4 is 10.9 Å². The van der Waals surface area contributed by atoms with Crippen molar-refractivity contribution in [1.82, 2.24) is 15.3 Å². The molecule has 2 rings (SSSR count). The van der Waals surface area contributed by atoms with E-state index in [1.807, 2.05) is 6.26 Å². The largest absolute Gasteiger partial charge is 0.347 e. The number of nitrogens with one attached hydrogen (secondary N) is 2. The Kier molecular flexibility index (Phi) is 4.48. The summed E-state index contributed by atoms with van der Waals surface area (Å²) in [5.41, 5.74) is -0.379. The number of carbonyl (C=O) groups is 1. The summed E-state index contributed by atoms with van der Waals surface area (Å²) in [6, 6.07) is 0.709. The first-order valence-electron chi connectivity index (χ1n) is 6.00. The summed E-state index contributed by atoms with van der Waals surface area (Å²) >= 11 is 1.47. The molecule has 1 unspecified atom stereocenters. The van der Waals surface area contributed by atoms with Crippen LogP contribution in [0.15, 0.2) is 10.9 Å². The molecule has 1 atom stereocenters. The minimum Gasteiger partial charge on any atom is -0.347 e. The molecular weight excluding hydrogens is 302 g/mol. The van der Waals surface area contributed by atoms with Crippen molar-refractivity contribution in [2.75, 3.05) is 17.8 Å². The summed E-state index contributed by atoms with van der Waals surface area (Å²) in [5, 5.41) is 2.61. The van der Waals surface area contributed by atoms with E-state index in [0.29, 0.717) is 18.0 Å². The van der Waals surface area contributed by atoms with E-state index < -0.39 is 27.3 Å². The molecule has 1 fully saturated rings. The van der Waals surface area contributed by atoms with Gasteiger partial charge in [0, 0.05) is 12.1 Å². The van der Waals surface area contributed by atoms with E-state index in [4.69, 9.17) is 0 Å². The zero-order valence-electron chi connectivity index (χ0n) is 10.9. The van der Waals surface area contributed by atoms with Gasteiger partial charge < -0.3 is 10.3 Å². The summed E-state index contributed by atoms with van der Waals surface area (Å²) in [5.74, 6) is 0.432. The van der Waals surface area contributed by atoms with Crippen molar-refractivity contribution in [2.45, 2.75) is 18.2 Å². The van der Waals surface area contributed by atoms with Crippen molar-refractivity contribution in [3.8, 4) is 0 Å². The van der Waals surface area contributed by atoms with Crippen molar-refractivity contribution in [2.24, 2.45) is 0 Å². The van der Waals surface area contributed by atoms with Gasteiger partial charge in [-0.1, -0.05) is 0 Å². The molecule has 0 spiro atoms. The average molecular weight is 317 g/mol. The van der Waals surface area contributed by atoms with E-state index in [1.165, 1.54) is 11.8 Å². The van der Waals surface area contributed by atoms with Gasteiger partial charge in [0.05, 0.1) is 17.3 Å². The average Bonchev–Trinajstić information content (AvgIpc) is 2.68. The molecule has 0 bridgehead atoms. The SMILES string of the molecule is CSCc1nc(C(=O)NC2CCS(=O)(=O)C2)cc(=O)[nH]1. The van der Waals surface area contributed by atoms with Gasteiger partial charge in [-0.2, -0.15) is 11.8 Å². The predicted molar refractivity (Wildman–Crippen MR) is 76.6 cm³/mol. The molecule has 1 amide bonds. The third kappa shape index (κ3) is 3.83. The smallest absolute Gasteiger partial charge is 0.270 e. The third-order valence-corrected chi connectivity index (χ3v) is 5.20. The van der Waals surface area contributed by atoms with Crippen LogP contribution in [-0.4, -0.2) is 48.1 Å². The fourth-order valence-corrected chi connectivity index (χ4v) is 4.08. The van der Waals surface area contributed by atoms with Crippen LogP contribution >= 0.6 is 11.8 Å². The number of carbonyl (C=O) groups excluding carboxylic acids is 1. The van der Waals surface area contributed by atoms with Crippen LogP contribution in [0.1, 0.15) is 22.7 Å². The van der Waals surface area contributed by atoms with E-state index in [-0.39, 0.29) is 17.2 Å². The van der Waals surface area contributed by atoms with Gasteiger partial charge in [0.1, 0.15) is 11.5 Å². The molecule has 9 heteroatoms. The Labute approximate surface area is 120 Å². The van der Waals surface area contributed by atoms with E-state index in [0.717, 1.165) is 6.07 Å². The number of nitrogens with zero attached hydrogens (tertiary/aromatic N) is 1. The standard InChI is InChI=1S/C11H15N3O4S2/c1-19-5-9-13-8(4-10(15)14-9)11(16)12-7-2-3-20(17,18)6-7/h4,7H,2-3,5-6H2,1H3,(H,12,16)(H,13,14,15).